The van der Waals surface area contributed by atoms with Crippen LogP contribution in [-0.2, 0) is 0 Å². The second kappa shape index (κ2) is 8.76. The number of amides is 2. The first-order valence-corrected chi connectivity index (χ1v) is 10.8. The Morgan fingerprint density at radius 2 is 1.31 bits per heavy atom. The van der Waals surface area contributed by atoms with Gasteiger partial charge in [0.05, 0.1) is 0 Å². The summed E-state index contributed by atoms with van der Waals surface area (Å²) in [4.78, 5) is 19.3. The second-order valence-corrected chi connectivity index (χ2v) is 8.46. The number of carbonyl (C=O) groups excluding carboxylic acids is 1. The molecule has 2 aliphatic heterocycles. The molecule has 0 radical (unpaired) electrons. The zero-order chi connectivity index (χ0) is 20.2. The second-order valence-electron chi connectivity index (χ2n) is 8.46. The number of benzene rings is 2. The average Bonchev–Trinajstić information content (AvgIpc) is 2.76. The van der Waals surface area contributed by atoms with Gasteiger partial charge in [0, 0.05) is 56.3 Å². The molecule has 2 fully saturated rings. The fourth-order valence-corrected chi connectivity index (χ4v) is 4.15. The van der Waals surface area contributed by atoms with Crippen molar-refractivity contribution in [3.05, 3.63) is 54.1 Å². The molecule has 2 saturated heterocycles. The van der Waals surface area contributed by atoms with E-state index in [0.717, 1.165) is 50.9 Å². The Balaban J connectivity index is 1.29. The Labute approximate surface area is 174 Å². The lowest BCUT2D eigenvalue weighted by Crippen LogP contribution is -2.50. The van der Waals surface area contributed by atoms with Gasteiger partial charge in [0.15, 0.2) is 0 Å². The molecule has 0 aromatic heterocycles. The molecule has 0 atom stereocenters. The molecule has 2 heterocycles. The monoisotopic (exact) mass is 392 g/mol. The van der Waals surface area contributed by atoms with E-state index in [1.165, 1.54) is 29.8 Å². The number of hydrogen-bond acceptors (Lipinski definition) is 3. The smallest absolute Gasteiger partial charge is 0.321 e. The molecule has 2 amide bonds. The zero-order valence-electron chi connectivity index (χ0n) is 17.6. The molecule has 0 bridgehead atoms. The predicted octanol–water partition coefficient (Wildman–Crippen LogP) is 4.59. The highest BCUT2D eigenvalue weighted by Gasteiger charge is 2.22. The molecule has 5 heteroatoms. The molecule has 154 valence electrons. The van der Waals surface area contributed by atoms with Gasteiger partial charge >= 0.3 is 6.03 Å². The van der Waals surface area contributed by atoms with E-state index in [1.54, 1.807) is 0 Å². The molecule has 1 N–H and O–H groups in total. The average molecular weight is 393 g/mol. The summed E-state index contributed by atoms with van der Waals surface area (Å²) in [7, 11) is 0. The first-order chi connectivity index (χ1) is 14.1. The molecule has 0 unspecified atom stereocenters. The molecule has 4 rings (SSSR count). The third kappa shape index (κ3) is 4.84. The first-order valence-electron chi connectivity index (χ1n) is 10.8. The third-order valence-electron chi connectivity index (χ3n) is 6.23. The van der Waals surface area contributed by atoms with Crippen molar-refractivity contribution in [1.82, 2.24) is 4.90 Å². The number of piperazine rings is 1. The zero-order valence-corrected chi connectivity index (χ0v) is 17.6. The maximum atomic E-state index is 12.5. The first kappa shape index (κ1) is 19.6. The number of nitrogens with one attached hydrogen (secondary N) is 1. The summed E-state index contributed by atoms with van der Waals surface area (Å²) in [5, 5.41) is 3.00. The van der Waals surface area contributed by atoms with Gasteiger partial charge in [-0.2, -0.15) is 0 Å². The highest BCUT2D eigenvalue weighted by Crippen LogP contribution is 2.26. The number of piperidine rings is 1. The minimum absolute atomic E-state index is 0.0109. The molecule has 29 heavy (non-hydrogen) atoms. The van der Waals surface area contributed by atoms with Gasteiger partial charge in [0.1, 0.15) is 0 Å². The summed E-state index contributed by atoms with van der Waals surface area (Å²) < 4.78 is 0. The maximum absolute atomic E-state index is 12.5. The summed E-state index contributed by atoms with van der Waals surface area (Å²) in [5.74, 6) is 0.852. The molecule has 2 aromatic carbocycles. The Hall–Kier alpha value is -2.69. The Morgan fingerprint density at radius 1 is 0.793 bits per heavy atom. The lowest BCUT2D eigenvalue weighted by molar-refractivity contribution is 0.208. The molecule has 5 nitrogen and oxygen atoms in total. The minimum atomic E-state index is -0.0109. The van der Waals surface area contributed by atoms with Crippen molar-refractivity contribution >= 4 is 23.1 Å². The van der Waals surface area contributed by atoms with Crippen LogP contribution < -0.4 is 15.1 Å². The normalized spacial score (nSPS) is 18.1. The number of hydrogen-bond donors (Lipinski definition) is 1. The van der Waals surface area contributed by atoms with Crippen LogP contribution in [0.5, 0.6) is 0 Å². The molecule has 0 aliphatic carbocycles. The van der Waals surface area contributed by atoms with E-state index >= 15 is 0 Å². The minimum Gasteiger partial charge on any atom is -0.372 e. The summed E-state index contributed by atoms with van der Waals surface area (Å²) in [6.07, 6.45) is 2.57. The Bertz CT molecular complexity index is 802. The van der Waals surface area contributed by atoms with Crippen LogP contribution in [0.4, 0.5) is 21.9 Å². The quantitative estimate of drug-likeness (QED) is 0.831. The highest BCUT2D eigenvalue weighted by atomic mass is 16.2. The van der Waals surface area contributed by atoms with Crippen LogP contribution in [0.15, 0.2) is 48.5 Å². The number of anilines is 3. The Kier molecular flexibility index (Phi) is 5.93. The largest absolute Gasteiger partial charge is 0.372 e. The lowest BCUT2D eigenvalue weighted by Gasteiger charge is -2.36. The van der Waals surface area contributed by atoms with Crippen LogP contribution in [0, 0.1) is 12.8 Å². The van der Waals surface area contributed by atoms with Crippen LogP contribution in [0.1, 0.15) is 25.3 Å². The van der Waals surface area contributed by atoms with E-state index in [9.17, 15) is 4.79 Å². The number of aryl methyl sites for hydroxylation is 1. The summed E-state index contributed by atoms with van der Waals surface area (Å²) >= 11 is 0. The summed E-state index contributed by atoms with van der Waals surface area (Å²) in [6.45, 7) is 9.92. The van der Waals surface area contributed by atoms with Gasteiger partial charge in [0.2, 0.25) is 0 Å². The number of urea groups is 1. The van der Waals surface area contributed by atoms with E-state index in [1.807, 2.05) is 36.1 Å². The van der Waals surface area contributed by atoms with E-state index in [2.05, 4.69) is 46.3 Å². The van der Waals surface area contributed by atoms with E-state index in [4.69, 9.17) is 0 Å². The van der Waals surface area contributed by atoms with Crippen molar-refractivity contribution in [2.75, 3.05) is 54.4 Å². The summed E-state index contributed by atoms with van der Waals surface area (Å²) in [6, 6.07) is 16.9. The maximum Gasteiger partial charge on any atom is 0.321 e. The third-order valence-corrected chi connectivity index (χ3v) is 6.23. The van der Waals surface area contributed by atoms with Crippen molar-refractivity contribution in [2.24, 2.45) is 5.92 Å². The van der Waals surface area contributed by atoms with Crippen LogP contribution in [-0.4, -0.2) is 50.2 Å². The number of rotatable bonds is 3. The van der Waals surface area contributed by atoms with E-state index in [0.29, 0.717) is 0 Å². The lowest BCUT2D eigenvalue weighted by atomic mass is 9.99. The van der Waals surface area contributed by atoms with Gasteiger partial charge in [-0.15, -0.1) is 0 Å². The fourth-order valence-electron chi connectivity index (χ4n) is 4.15. The van der Waals surface area contributed by atoms with E-state index in [-0.39, 0.29) is 6.03 Å². The predicted molar refractivity (Wildman–Crippen MR) is 121 cm³/mol. The van der Waals surface area contributed by atoms with Crippen LogP contribution in [0.3, 0.4) is 0 Å². The SMILES string of the molecule is Cc1ccc(NC(=O)N2CCN(c3ccc(N4CCC(C)CC4)cc3)CC2)cc1. The van der Waals surface area contributed by atoms with Crippen LogP contribution in [0.25, 0.3) is 0 Å². The van der Waals surface area contributed by atoms with E-state index < -0.39 is 0 Å². The van der Waals surface area contributed by atoms with Crippen molar-refractivity contribution in [1.29, 1.82) is 0 Å². The number of nitrogens with zero attached hydrogens (tertiary/aromatic N) is 3. The van der Waals surface area contributed by atoms with Gasteiger partial charge in [0.25, 0.3) is 0 Å². The molecule has 0 spiro atoms. The summed E-state index contributed by atoms with van der Waals surface area (Å²) in [5.41, 5.74) is 4.62. The van der Waals surface area contributed by atoms with Gasteiger partial charge in [-0.3, -0.25) is 0 Å². The number of carbonyl (C=O) groups is 1. The highest BCUT2D eigenvalue weighted by molar-refractivity contribution is 5.89. The molecule has 2 aromatic rings. The van der Waals surface area contributed by atoms with Crippen molar-refractivity contribution in [3.63, 3.8) is 0 Å². The Morgan fingerprint density at radius 3 is 1.86 bits per heavy atom. The van der Waals surface area contributed by atoms with Crippen molar-refractivity contribution in [2.45, 2.75) is 26.7 Å². The van der Waals surface area contributed by atoms with Gasteiger partial charge in [-0.1, -0.05) is 24.6 Å². The fraction of sp³-hybridized carbons (Fsp3) is 0.458. The van der Waals surface area contributed by atoms with Gasteiger partial charge in [-0.05, 0) is 62.1 Å². The topological polar surface area (TPSA) is 38.8 Å². The molecule has 2 aliphatic rings. The van der Waals surface area contributed by atoms with Crippen LogP contribution >= 0.6 is 0 Å². The molecule has 0 saturated carbocycles. The van der Waals surface area contributed by atoms with Crippen molar-refractivity contribution in [3.8, 4) is 0 Å². The van der Waals surface area contributed by atoms with Crippen LogP contribution in [0.2, 0.25) is 0 Å². The van der Waals surface area contributed by atoms with Gasteiger partial charge < -0.3 is 20.0 Å². The standard InChI is InChI=1S/C24H32N4O/c1-19-3-5-21(6-4-19)25-24(29)28-17-15-27(16-18-28)23-9-7-22(8-10-23)26-13-11-20(2)12-14-26/h3-10,20H,11-18H2,1-2H3,(H,25,29). The molecular formula is C24H32N4O. The molecular weight excluding hydrogens is 360 g/mol. The van der Waals surface area contributed by atoms with Gasteiger partial charge in [-0.25, -0.2) is 4.79 Å². The van der Waals surface area contributed by atoms with Crippen molar-refractivity contribution < 1.29 is 4.79 Å².